The van der Waals surface area contributed by atoms with E-state index in [-0.39, 0.29) is 11.4 Å². The van der Waals surface area contributed by atoms with Crippen LogP contribution in [-0.2, 0) is 6.54 Å². The highest BCUT2D eigenvalue weighted by atomic mass is 32.2. The first-order chi connectivity index (χ1) is 12.6. The smallest absolute Gasteiger partial charge is 0.326 e. The van der Waals surface area contributed by atoms with Gasteiger partial charge < -0.3 is 9.72 Å². The normalized spacial score (nSPS) is 11.3. The summed E-state index contributed by atoms with van der Waals surface area (Å²) in [6.45, 7) is 0.389. The highest BCUT2D eigenvalue weighted by Gasteiger charge is 2.14. The fourth-order valence-electron chi connectivity index (χ4n) is 3.07. The van der Waals surface area contributed by atoms with Crippen molar-refractivity contribution in [2.75, 3.05) is 13.4 Å². The van der Waals surface area contributed by atoms with Crippen molar-refractivity contribution >= 4 is 33.7 Å². The Balaban J connectivity index is 1.91. The predicted octanol–water partition coefficient (Wildman–Crippen LogP) is 3.80. The minimum absolute atomic E-state index is 0.126. The summed E-state index contributed by atoms with van der Waals surface area (Å²) >= 11 is 1.66. The lowest BCUT2D eigenvalue weighted by molar-refractivity contribution is 0.387. The third kappa shape index (κ3) is 2.74. The van der Waals surface area contributed by atoms with Crippen LogP contribution in [0, 0.1) is 5.82 Å². The van der Waals surface area contributed by atoms with Crippen molar-refractivity contribution in [3.8, 4) is 5.75 Å². The van der Waals surface area contributed by atoms with Crippen LogP contribution < -0.4 is 10.4 Å². The molecule has 2 aromatic heterocycles. The average Bonchev–Trinajstić information content (AvgIpc) is 2.97. The van der Waals surface area contributed by atoms with Gasteiger partial charge in [0.15, 0.2) is 11.6 Å². The molecule has 0 amide bonds. The van der Waals surface area contributed by atoms with Gasteiger partial charge in [-0.3, -0.25) is 9.55 Å². The van der Waals surface area contributed by atoms with Gasteiger partial charge in [0.25, 0.3) is 0 Å². The Kier molecular flexibility index (Phi) is 4.16. The fraction of sp³-hybridized carbons (Fsp3) is 0.158. The first kappa shape index (κ1) is 16.7. The van der Waals surface area contributed by atoms with E-state index in [9.17, 15) is 9.18 Å². The third-order valence-electron chi connectivity index (χ3n) is 4.37. The Morgan fingerprint density at radius 1 is 1.27 bits per heavy atom. The number of aromatic amines is 1. The van der Waals surface area contributed by atoms with Gasteiger partial charge in [0.1, 0.15) is 0 Å². The van der Waals surface area contributed by atoms with Crippen LogP contribution in [0.4, 0.5) is 4.39 Å². The van der Waals surface area contributed by atoms with Gasteiger partial charge in [0, 0.05) is 16.3 Å². The molecule has 0 aliphatic rings. The van der Waals surface area contributed by atoms with Crippen LogP contribution in [0.25, 0.3) is 21.9 Å². The van der Waals surface area contributed by atoms with Gasteiger partial charge in [-0.15, -0.1) is 11.8 Å². The highest BCUT2D eigenvalue weighted by molar-refractivity contribution is 7.98. The summed E-state index contributed by atoms with van der Waals surface area (Å²) < 4.78 is 20.9. The van der Waals surface area contributed by atoms with Gasteiger partial charge in [-0.05, 0) is 30.0 Å². The molecular weight excluding hydrogens is 353 g/mol. The first-order valence-electron chi connectivity index (χ1n) is 7.98. The summed E-state index contributed by atoms with van der Waals surface area (Å²) in [5, 5.41) is 0.569. The van der Waals surface area contributed by atoms with Gasteiger partial charge in [0.05, 0.1) is 36.4 Å². The molecule has 7 heteroatoms. The SMILES string of the molecule is COc1cc2ncc3[nH]c(=O)n(Cc4ccc(SC)cc4)c3c2cc1F. The van der Waals surface area contributed by atoms with Crippen LogP contribution in [0.5, 0.6) is 5.75 Å². The lowest BCUT2D eigenvalue weighted by Gasteiger charge is -2.08. The van der Waals surface area contributed by atoms with Gasteiger partial charge in [-0.25, -0.2) is 9.18 Å². The van der Waals surface area contributed by atoms with Crippen molar-refractivity contribution in [3.63, 3.8) is 0 Å². The second-order valence-electron chi connectivity index (χ2n) is 5.89. The number of thioether (sulfide) groups is 1. The minimum Gasteiger partial charge on any atom is -0.494 e. The molecule has 0 saturated carbocycles. The van der Waals surface area contributed by atoms with Gasteiger partial charge in [-0.1, -0.05) is 12.1 Å². The van der Waals surface area contributed by atoms with E-state index in [1.54, 1.807) is 28.6 Å². The van der Waals surface area contributed by atoms with Crippen molar-refractivity contribution in [3.05, 3.63) is 64.5 Å². The Morgan fingerprint density at radius 3 is 2.73 bits per heavy atom. The maximum absolute atomic E-state index is 14.2. The van der Waals surface area contributed by atoms with Gasteiger partial charge >= 0.3 is 5.69 Å². The molecule has 132 valence electrons. The van der Waals surface area contributed by atoms with Crippen molar-refractivity contribution in [1.29, 1.82) is 0 Å². The number of benzene rings is 2. The molecule has 0 saturated heterocycles. The number of nitrogens with one attached hydrogen (secondary N) is 1. The molecule has 0 aliphatic carbocycles. The number of ether oxygens (including phenoxy) is 1. The zero-order valence-corrected chi connectivity index (χ0v) is 15.1. The molecule has 4 aromatic rings. The Morgan fingerprint density at radius 2 is 2.04 bits per heavy atom. The molecule has 0 atom stereocenters. The number of pyridine rings is 1. The standard InChI is InChI=1S/C19H16FN3O2S/c1-25-17-8-15-13(7-14(17)20)18-16(9-21-15)22-19(24)23(18)10-11-3-5-12(26-2)6-4-11/h3-9H,10H2,1-2H3,(H,22,24). The Hall–Kier alpha value is -2.80. The quantitative estimate of drug-likeness (QED) is 0.556. The molecular formula is C19H16FN3O2S. The second kappa shape index (κ2) is 6.49. The Labute approximate surface area is 152 Å². The van der Waals surface area contributed by atoms with Crippen molar-refractivity contribution in [1.82, 2.24) is 14.5 Å². The summed E-state index contributed by atoms with van der Waals surface area (Å²) in [7, 11) is 1.41. The summed E-state index contributed by atoms with van der Waals surface area (Å²) in [6.07, 6.45) is 3.60. The first-order valence-corrected chi connectivity index (χ1v) is 9.21. The van der Waals surface area contributed by atoms with Crippen LogP contribution >= 0.6 is 11.8 Å². The van der Waals surface area contributed by atoms with Crippen LogP contribution in [-0.4, -0.2) is 27.9 Å². The van der Waals surface area contributed by atoms with Crippen LogP contribution in [0.2, 0.25) is 0 Å². The number of hydrogen-bond donors (Lipinski definition) is 1. The van der Waals surface area contributed by atoms with E-state index < -0.39 is 5.82 Å². The molecule has 2 heterocycles. The lowest BCUT2D eigenvalue weighted by atomic mass is 10.1. The number of fused-ring (bicyclic) bond motifs is 3. The zero-order valence-electron chi connectivity index (χ0n) is 14.2. The number of hydrogen-bond acceptors (Lipinski definition) is 4. The molecule has 5 nitrogen and oxygen atoms in total. The highest BCUT2D eigenvalue weighted by Crippen LogP contribution is 2.28. The monoisotopic (exact) mass is 369 g/mol. The van der Waals surface area contributed by atoms with Gasteiger partial charge in [-0.2, -0.15) is 0 Å². The number of H-pyrrole nitrogens is 1. The van der Waals surface area contributed by atoms with E-state index in [1.165, 1.54) is 13.2 Å². The van der Waals surface area contributed by atoms with E-state index in [0.717, 1.165) is 10.5 Å². The van der Waals surface area contributed by atoms with Crippen LogP contribution in [0.3, 0.4) is 0 Å². The fourth-order valence-corrected chi connectivity index (χ4v) is 3.48. The van der Waals surface area contributed by atoms with E-state index in [0.29, 0.717) is 28.5 Å². The summed E-state index contributed by atoms with van der Waals surface area (Å²) in [4.78, 5) is 20.7. The van der Waals surface area contributed by atoms with Crippen LogP contribution in [0.15, 0.2) is 52.3 Å². The van der Waals surface area contributed by atoms with Gasteiger partial charge in [0.2, 0.25) is 0 Å². The summed E-state index contributed by atoms with van der Waals surface area (Å²) in [5.74, 6) is -0.361. The predicted molar refractivity (Wildman–Crippen MR) is 102 cm³/mol. The van der Waals surface area contributed by atoms with E-state index in [4.69, 9.17) is 4.74 Å². The number of nitrogens with zero attached hydrogens (tertiary/aromatic N) is 2. The van der Waals surface area contributed by atoms with E-state index in [2.05, 4.69) is 9.97 Å². The molecule has 0 radical (unpaired) electrons. The number of halogens is 1. The molecule has 0 bridgehead atoms. The number of methoxy groups -OCH3 is 1. The van der Waals surface area contributed by atoms with Crippen molar-refractivity contribution < 1.29 is 9.13 Å². The molecule has 4 rings (SSSR count). The minimum atomic E-state index is -0.487. The van der Waals surface area contributed by atoms with E-state index in [1.807, 2.05) is 30.5 Å². The third-order valence-corrected chi connectivity index (χ3v) is 5.11. The Bertz CT molecular complexity index is 1170. The lowest BCUT2D eigenvalue weighted by Crippen LogP contribution is -2.17. The molecule has 0 spiro atoms. The van der Waals surface area contributed by atoms with Crippen molar-refractivity contribution in [2.45, 2.75) is 11.4 Å². The molecule has 0 unspecified atom stereocenters. The van der Waals surface area contributed by atoms with Crippen LogP contribution in [0.1, 0.15) is 5.56 Å². The number of aromatic nitrogens is 3. The molecule has 26 heavy (non-hydrogen) atoms. The molecule has 0 fully saturated rings. The molecule has 2 aromatic carbocycles. The maximum Gasteiger partial charge on any atom is 0.326 e. The number of rotatable bonds is 4. The van der Waals surface area contributed by atoms with Crippen molar-refractivity contribution in [2.24, 2.45) is 0 Å². The topological polar surface area (TPSA) is 59.9 Å². The maximum atomic E-state index is 14.2. The second-order valence-corrected chi connectivity index (χ2v) is 6.77. The molecule has 1 N–H and O–H groups in total. The average molecular weight is 369 g/mol. The largest absolute Gasteiger partial charge is 0.494 e. The summed E-state index contributed by atoms with van der Waals surface area (Å²) in [6, 6.07) is 10.9. The number of imidazole rings is 1. The molecule has 0 aliphatic heterocycles. The van der Waals surface area contributed by atoms with E-state index >= 15 is 0 Å². The zero-order chi connectivity index (χ0) is 18.3. The summed E-state index contributed by atoms with van der Waals surface area (Å²) in [5.41, 5.74) is 2.52.